The molecule has 4 aromatic rings. The van der Waals surface area contributed by atoms with Gasteiger partial charge in [0.15, 0.2) is 5.82 Å². The predicted molar refractivity (Wildman–Crippen MR) is 90.1 cm³/mol. The zero-order chi connectivity index (χ0) is 16.7. The SMILES string of the molecule is Nc1nc2cc(C=O)ccc2n2c(=O)n(Cc3ccccc3)nc12. The van der Waals surface area contributed by atoms with Gasteiger partial charge in [-0.25, -0.2) is 18.9 Å². The number of benzene rings is 2. The summed E-state index contributed by atoms with van der Waals surface area (Å²) in [5.41, 5.74) is 8.44. The highest BCUT2D eigenvalue weighted by Gasteiger charge is 2.14. The van der Waals surface area contributed by atoms with Crippen LogP contribution in [-0.2, 0) is 6.54 Å². The molecule has 2 N–H and O–H groups in total. The van der Waals surface area contributed by atoms with Crippen molar-refractivity contribution in [2.75, 3.05) is 5.73 Å². The Hall–Kier alpha value is -3.48. The summed E-state index contributed by atoms with van der Waals surface area (Å²) in [6.07, 6.45) is 0.725. The molecule has 2 aromatic heterocycles. The highest BCUT2D eigenvalue weighted by molar-refractivity contribution is 5.87. The first-order valence-corrected chi connectivity index (χ1v) is 7.35. The van der Waals surface area contributed by atoms with Crippen molar-refractivity contribution < 1.29 is 4.79 Å². The maximum atomic E-state index is 12.8. The Bertz CT molecular complexity index is 1130. The number of nitrogens with zero attached hydrogens (tertiary/aromatic N) is 4. The van der Waals surface area contributed by atoms with Crippen LogP contribution in [-0.4, -0.2) is 25.5 Å². The molecule has 0 bridgehead atoms. The standard InChI is InChI=1S/C17H13N5O2/c18-15-16-20-21(9-11-4-2-1-3-5-11)17(24)22(16)14-7-6-12(10-23)8-13(14)19-15/h1-8,10H,9H2,(H2,18,19). The van der Waals surface area contributed by atoms with Gasteiger partial charge >= 0.3 is 5.69 Å². The van der Waals surface area contributed by atoms with Crippen LogP contribution in [0.4, 0.5) is 5.82 Å². The molecule has 0 aliphatic heterocycles. The van der Waals surface area contributed by atoms with E-state index in [1.807, 2.05) is 30.3 Å². The van der Waals surface area contributed by atoms with E-state index in [2.05, 4.69) is 10.1 Å². The fourth-order valence-electron chi connectivity index (χ4n) is 2.72. The van der Waals surface area contributed by atoms with E-state index in [4.69, 9.17) is 5.73 Å². The molecule has 0 saturated carbocycles. The third-order valence-electron chi connectivity index (χ3n) is 3.86. The molecular formula is C17H13N5O2. The minimum atomic E-state index is -0.299. The van der Waals surface area contributed by atoms with E-state index in [0.717, 1.165) is 11.8 Å². The molecule has 0 unspecified atom stereocenters. The number of aldehydes is 1. The number of carbonyl (C=O) groups is 1. The molecule has 2 heterocycles. The average Bonchev–Trinajstić information content (AvgIpc) is 2.93. The second-order valence-corrected chi connectivity index (χ2v) is 5.45. The van der Waals surface area contributed by atoms with Gasteiger partial charge in [-0.05, 0) is 23.8 Å². The molecule has 2 aromatic carbocycles. The fraction of sp³-hybridized carbons (Fsp3) is 0.0588. The number of rotatable bonds is 3. The number of nitrogen functional groups attached to an aromatic ring is 1. The summed E-state index contributed by atoms with van der Waals surface area (Å²) in [6.45, 7) is 0.342. The summed E-state index contributed by atoms with van der Waals surface area (Å²) in [6, 6.07) is 14.5. The number of anilines is 1. The molecule has 0 amide bonds. The molecule has 4 rings (SSSR count). The van der Waals surface area contributed by atoms with Crippen LogP contribution < -0.4 is 11.4 Å². The van der Waals surface area contributed by atoms with Crippen LogP contribution in [0.3, 0.4) is 0 Å². The number of fused-ring (bicyclic) bond motifs is 3. The number of hydrogen-bond acceptors (Lipinski definition) is 5. The van der Waals surface area contributed by atoms with E-state index in [1.165, 1.54) is 9.08 Å². The maximum Gasteiger partial charge on any atom is 0.351 e. The van der Waals surface area contributed by atoms with Gasteiger partial charge in [0.05, 0.1) is 17.6 Å². The Morgan fingerprint density at radius 3 is 2.67 bits per heavy atom. The summed E-state index contributed by atoms with van der Waals surface area (Å²) in [5, 5.41) is 4.31. The van der Waals surface area contributed by atoms with Crippen LogP contribution in [0, 0.1) is 0 Å². The highest BCUT2D eigenvalue weighted by atomic mass is 16.2. The van der Waals surface area contributed by atoms with Crippen LogP contribution in [0.2, 0.25) is 0 Å². The highest BCUT2D eigenvalue weighted by Crippen LogP contribution is 2.18. The summed E-state index contributed by atoms with van der Waals surface area (Å²) < 4.78 is 2.78. The quantitative estimate of drug-likeness (QED) is 0.577. The van der Waals surface area contributed by atoms with Crippen molar-refractivity contribution in [1.29, 1.82) is 0 Å². The molecule has 0 aliphatic rings. The molecule has 0 saturated heterocycles. The lowest BCUT2D eigenvalue weighted by atomic mass is 10.2. The summed E-state index contributed by atoms with van der Waals surface area (Å²) in [5.74, 6) is 0.148. The van der Waals surface area contributed by atoms with Gasteiger partial charge in [-0.1, -0.05) is 30.3 Å². The average molecular weight is 319 g/mol. The van der Waals surface area contributed by atoms with Crippen LogP contribution in [0.25, 0.3) is 16.7 Å². The van der Waals surface area contributed by atoms with Gasteiger partial charge in [-0.15, -0.1) is 5.10 Å². The number of carbonyl (C=O) groups excluding carboxylic acids is 1. The fourth-order valence-corrected chi connectivity index (χ4v) is 2.72. The third-order valence-corrected chi connectivity index (χ3v) is 3.86. The summed E-state index contributed by atoms with van der Waals surface area (Å²) >= 11 is 0. The maximum absolute atomic E-state index is 12.8. The van der Waals surface area contributed by atoms with E-state index >= 15 is 0 Å². The molecule has 118 valence electrons. The molecule has 0 spiro atoms. The van der Waals surface area contributed by atoms with Crippen LogP contribution in [0.1, 0.15) is 15.9 Å². The van der Waals surface area contributed by atoms with Gasteiger partial charge in [0.25, 0.3) is 0 Å². The predicted octanol–water partition coefficient (Wildman–Crippen LogP) is 1.49. The van der Waals surface area contributed by atoms with E-state index in [-0.39, 0.29) is 11.5 Å². The monoisotopic (exact) mass is 319 g/mol. The lowest BCUT2D eigenvalue weighted by molar-refractivity contribution is 0.112. The second kappa shape index (κ2) is 5.31. The molecule has 24 heavy (non-hydrogen) atoms. The Kier molecular flexibility index (Phi) is 3.13. The molecule has 0 atom stereocenters. The third kappa shape index (κ3) is 2.14. The van der Waals surface area contributed by atoms with Crippen molar-refractivity contribution in [2.45, 2.75) is 6.54 Å². The molecule has 7 heteroatoms. The second-order valence-electron chi connectivity index (χ2n) is 5.45. The molecule has 7 nitrogen and oxygen atoms in total. The molecular weight excluding hydrogens is 306 g/mol. The van der Waals surface area contributed by atoms with E-state index in [0.29, 0.717) is 28.8 Å². The van der Waals surface area contributed by atoms with Gasteiger partial charge in [-0.2, -0.15) is 0 Å². The minimum absolute atomic E-state index is 0.148. The number of nitrogens with two attached hydrogens (primary N) is 1. The van der Waals surface area contributed by atoms with E-state index < -0.39 is 0 Å². The Balaban J connectivity index is 1.97. The zero-order valence-corrected chi connectivity index (χ0v) is 12.6. The minimum Gasteiger partial charge on any atom is -0.381 e. The van der Waals surface area contributed by atoms with Crippen LogP contribution in [0.15, 0.2) is 53.3 Å². The van der Waals surface area contributed by atoms with E-state index in [9.17, 15) is 9.59 Å². The summed E-state index contributed by atoms with van der Waals surface area (Å²) in [4.78, 5) is 28.0. The molecule has 0 fully saturated rings. The van der Waals surface area contributed by atoms with Crippen LogP contribution >= 0.6 is 0 Å². The summed E-state index contributed by atoms with van der Waals surface area (Å²) in [7, 11) is 0. The Morgan fingerprint density at radius 2 is 1.92 bits per heavy atom. The normalized spacial score (nSPS) is 11.2. The first-order valence-electron chi connectivity index (χ1n) is 7.35. The van der Waals surface area contributed by atoms with Crippen LogP contribution in [0.5, 0.6) is 0 Å². The lowest BCUT2D eigenvalue weighted by Gasteiger charge is -2.02. The number of aromatic nitrogens is 4. The Morgan fingerprint density at radius 1 is 1.12 bits per heavy atom. The van der Waals surface area contributed by atoms with Crippen molar-refractivity contribution >= 4 is 28.8 Å². The van der Waals surface area contributed by atoms with Gasteiger partial charge in [0.2, 0.25) is 5.65 Å². The van der Waals surface area contributed by atoms with Gasteiger partial charge < -0.3 is 5.73 Å². The van der Waals surface area contributed by atoms with Crippen molar-refractivity contribution in [3.8, 4) is 0 Å². The number of hydrogen-bond donors (Lipinski definition) is 1. The van der Waals surface area contributed by atoms with E-state index in [1.54, 1.807) is 18.2 Å². The van der Waals surface area contributed by atoms with Gasteiger partial charge in [-0.3, -0.25) is 4.79 Å². The molecule has 0 aliphatic carbocycles. The molecule has 0 radical (unpaired) electrons. The first kappa shape index (κ1) is 14.1. The Labute approximate surface area is 136 Å². The van der Waals surface area contributed by atoms with Crippen molar-refractivity contribution in [1.82, 2.24) is 19.2 Å². The smallest absolute Gasteiger partial charge is 0.351 e. The topological polar surface area (TPSA) is 95.3 Å². The lowest BCUT2D eigenvalue weighted by Crippen LogP contribution is -2.22. The van der Waals surface area contributed by atoms with Gasteiger partial charge in [0.1, 0.15) is 6.29 Å². The largest absolute Gasteiger partial charge is 0.381 e. The zero-order valence-electron chi connectivity index (χ0n) is 12.6. The first-order chi connectivity index (χ1) is 11.7. The van der Waals surface area contributed by atoms with Crippen molar-refractivity contribution in [2.24, 2.45) is 0 Å². The van der Waals surface area contributed by atoms with Crippen molar-refractivity contribution in [3.05, 3.63) is 70.1 Å². The van der Waals surface area contributed by atoms with Crippen molar-refractivity contribution in [3.63, 3.8) is 0 Å². The van der Waals surface area contributed by atoms with Gasteiger partial charge in [0, 0.05) is 5.56 Å².